The summed E-state index contributed by atoms with van der Waals surface area (Å²) < 4.78 is 4.70. The van der Waals surface area contributed by atoms with Crippen molar-refractivity contribution >= 4 is 23.5 Å². The number of pyridine rings is 1. The smallest absolute Gasteiger partial charge is 0.307 e. The number of hydrogen-bond donors (Lipinski definition) is 0. The van der Waals surface area contributed by atoms with Crippen LogP contribution in [-0.2, 0) is 9.53 Å². The van der Waals surface area contributed by atoms with E-state index >= 15 is 0 Å². The molecular formula is C14H17ClN2O3. The summed E-state index contributed by atoms with van der Waals surface area (Å²) in [5.74, 6) is -0.469. The lowest BCUT2D eigenvalue weighted by atomic mass is 9.98. The Kier molecular flexibility index (Phi) is 4.95. The normalized spacial score (nSPS) is 18.7. The standard InChI is InChI=1S/C14H17ClN2O3/c1-20-12(18)9-10-5-2-3-8-17(10)14(19)11-6-4-7-16-13(11)15/h4,6-7,10H,2-3,5,8-9H2,1H3. The van der Waals surface area contributed by atoms with Crippen molar-refractivity contribution < 1.29 is 14.3 Å². The van der Waals surface area contributed by atoms with E-state index in [1.165, 1.54) is 7.11 Å². The van der Waals surface area contributed by atoms with Gasteiger partial charge >= 0.3 is 5.97 Å². The van der Waals surface area contributed by atoms with Crippen molar-refractivity contribution in [3.05, 3.63) is 29.0 Å². The van der Waals surface area contributed by atoms with E-state index < -0.39 is 0 Å². The molecule has 2 rings (SSSR count). The van der Waals surface area contributed by atoms with Crippen molar-refractivity contribution in [2.75, 3.05) is 13.7 Å². The maximum atomic E-state index is 12.6. The van der Waals surface area contributed by atoms with E-state index in [4.69, 9.17) is 16.3 Å². The lowest BCUT2D eigenvalue weighted by Crippen LogP contribution is -2.45. The van der Waals surface area contributed by atoms with Crippen LogP contribution in [0.3, 0.4) is 0 Å². The van der Waals surface area contributed by atoms with Gasteiger partial charge in [-0.1, -0.05) is 11.6 Å². The molecular weight excluding hydrogens is 280 g/mol. The predicted molar refractivity (Wildman–Crippen MR) is 74.6 cm³/mol. The number of piperidine rings is 1. The third-order valence-corrected chi connectivity index (χ3v) is 3.81. The minimum absolute atomic E-state index is 0.125. The van der Waals surface area contributed by atoms with Crippen LogP contribution in [0.4, 0.5) is 0 Å². The van der Waals surface area contributed by atoms with Gasteiger partial charge in [-0.3, -0.25) is 9.59 Å². The van der Waals surface area contributed by atoms with Gasteiger partial charge in [-0.15, -0.1) is 0 Å². The monoisotopic (exact) mass is 296 g/mol. The highest BCUT2D eigenvalue weighted by molar-refractivity contribution is 6.32. The number of nitrogens with zero attached hydrogens (tertiary/aromatic N) is 2. The van der Waals surface area contributed by atoms with Gasteiger partial charge in [-0.2, -0.15) is 0 Å². The van der Waals surface area contributed by atoms with Crippen LogP contribution >= 0.6 is 11.6 Å². The molecule has 1 fully saturated rings. The molecule has 1 saturated heterocycles. The molecule has 2 heterocycles. The number of amides is 1. The lowest BCUT2D eigenvalue weighted by molar-refractivity contribution is -0.142. The van der Waals surface area contributed by atoms with Gasteiger partial charge in [0.15, 0.2) is 0 Å². The summed E-state index contributed by atoms with van der Waals surface area (Å²) in [7, 11) is 1.36. The molecule has 0 radical (unpaired) electrons. The van der Waals surface area contributed by atoms with Gasteiger partial charge in [-0.05, 0) is 31.4 Å². The molecule has 0 N–H and O–H groups in total. The molecule has 1 aromatic rings. The highest BCUT2D eigenvalue weighted by Crippen LogP contribution is 2.24. The van der Waals surface area contributed by atoms with Crippen LogP contribution < -0.4 is 0 Å². The third kappa shape index (κ3) is 3.28. The number of carbonyl (C=O) groups is 2. The molecule has 0 bridgehead atoms. The molecule has 0 saturated carbocycles. The summed E-state index contributed by atoms with van der Waals surface area (Å²) in [4.78, 5) is 29.6. The Morgan fingerprint density at radius 1 is 1.50 bits per heavy atom. The van der Waals surface area contributed by atoms with E-state index in [0.717, 1.165) is 19.3 Å². The van der Waals surface area contributed by atoms with Gasteiger partial charge < -0.3 is 9.64 Å². The van der Waals surface area contributed by atoms with Crippen LogP contribution in [0, 0.1) is 0 Å². The van der Waals surface area contributed by atoms with Crippen LogP contribution in [0.5, 0.6) is 0 Å². The van der Waals surface area contributed by atoms with E-state index in [9.17, 15) is 9.59 Å². The van der Waals surface area contributed by atoms with E-state index in [2.05, 4.69) is 4.98 Å². The number of rotatable bonds is 3. The zero-order valence-corrected chi connectivity index (χ0v) is 12.1. The summed E-state index contributed by atoms with van der Waals surface area (Å²) in [6, 6.07) is 3.21. The van der Waals surface area contributed by atoms with Crippen LogP contribution in [0.1, 0.15) is 36.0 Å². The quantitative estimate of drug-likeness (QED) is 0.634. The molecule has 108 valence electrons. The first-order chi connectivity index (χ1) is 9.63. The average Bonchev–Trinajstić information content (AvgIpc) is 2.47. The molecule has 1 amide bonds. The molecule has 1 aliphatic rings. The maximum Gasteiger partial charge on any atom is 0.307 e. The molecule has 1 aromatic heterocycles. The molecule has 1 atom stereocenters. The van der Waals surface area contributed by atoms with E-state index in [1.807, 2.05) is 0 Å². The second-order valence-corrected chi connectivity index (χ2v) is 5.13. The Balaban J connectivity index is 2.17. The van der Waals surface area contributed by atoms with Crippen molar-refractivity contribution in [2.24, 2.45) is 0 Å². The fourth-order valence-corrected chi connectivity index (χ4v) is 2.66. The first kappa shape index (κ1) is 14.8. The van der Waals surface area contributed by atoms with Gasteiger partial charge in [0, 0.05) is 18.8 Å². The molecule has 0 aromatic carbocycles. The minimum atomic E-state index is -0.299. The summed E-state index contributed by atoms with van der Waals surface area (Å²) >= 11 is 5.97. The maximum absolute atomic E-state index is 12.6. The highest BCUT2D eigenvalue weighted by atomic mass is 35.5. The summed E-state index contributed by atoms with van der Waals surface area (Å²) in [6.07, 6.45) is 4.51. The minimum Gasteiger partial charge on any atom is -0.469 e. The summed E-state index contributed by atoms with van der Waals surface area (Å²) in [5.41, 5.74) is 0.380. The van der Waals surface area contributed by atoms with Gasteiger partial charge in [0.2, 0.25) is 0 Å². The Labute approximate surface area is 122 Å². The third-order valence-electron chi connectivity index (χ3n) is 3.51. The van der Waals surface area contributed by atoms with Crippen molar-refractivity contribution in [1.29, 1.82) is 0 Å². The second kappa shape index (κ2) is 6.70. The number of likely N-dealkylation sites (tertiary alicyclic amines) is 1. The first-order valence-electron chi connectivity index (χ1n) is 6.61. The molecule has 5 nitrogen and oxygen atoms in total. The van der Waals surface area contributed by atoms with E-state index in [0.29, 0.717) is 12.1 Å². The fraction of sp³-hybridized carbons (Fsp3) is 0.500. The van der Waals surface area contributed by atoms with E-state index in [-0.39, 0.29) is 29.5 Å². The molecule has 1 aliphatic heterocycles. The number of ether oxygens (including phenoxy) is 1. The number of aromatic nitrogens is 1. The largest absolute Gasteiger partial charge is 0.469 e. The van der Waals surface area contributed by atoms with Crippen molar-refractivity contribution in [2.45, 2.75) is 31.7 Å². The number of hydrogen-bond acceptors (Lipinski definition) is 4. The number of halogens is 1. The number of methoxy groups -OCH3 is 1. The second-order valence-electron chi connectivity index (χ2n) is 4.77. The molecule has 1 unspecified atom stereocenters. The zero-order valence-electron chi connectivity index (χ0n) is 11.3. The summed E-state index contributed by atoms with van der Waals surface area (Å²) in [6.45, 7) is 0.631. The van der Waals surface area contributed by atoms with Crippen molar-refractivity contribution in [3.63, 3.8) is 0 Å². The zero-order chi connectivity index (χ0) is 14.5. The molecule has 0 spiro atoms. The summed E-state index contributed by atoms with van der Waals surface area (Å²) in [5, 5.41) is 0.194. The van der Waals surface area contributed by atoms with Crippen LogP contribution in [0.25, 0.3) is 0 Å². The van der Waals surface area contributed by atoms with Gasteiger partial charge in [0.25, 0.3) is 5.91 Å². The van der Waals surface area contributed by atoms with Crippen molar-refractivity contribution in [1.82, 2.24) is 9.88 Å². The molecule has 0 aliphatic carbocycles. The predicted octanol–water partition coefficient (Wildman–Crippen LogP) is 2.29. The lowest BCUT2D eigenvalue weighted by Gasteiger charge is -2.35. The fourth-order valence-electron chi connectivity index (χ4n) is 2.46. The highest BCUT2D eigenvalue weighted by Gasteiger charge is 2.30. The first-order valence-corrected chi connectivity index (χ1v) is 6.99. The Morgan fingerprint density at radius 3 is 3.00 bits per heavy atom. The van der Waals surface area contributed by atoms with Crippen LogP contribution in [0.15, 0.2) is 18.3 Å². The number of carbonyl (C=O) groups excluding carboxylic acids is 2. The van der Waals surface area contributed by atoms with Crippen LogP contribution in [-0.4, -0.2) is 41.5 Å². The van der Waals surface area contributed by atoms with Crippen molar-refractivity contribution in [3.8, 4) is 0 Å². The number of esters is 1. The van der Waals surface area contributed by atoms with E-state index in [1.54, 1.807) is 23.2 Å². The molecule has 20 heavy (non-hydrogen) atoms. The Morgan fingerprint density at radius 2 is 2.30 bits per heavy atom. The molecule has 6 heteroatoms. The average molecular weight is 297 g/mol. The van der Waals surface area contributed by atoms with Gasteiger partial charge in [0.05, 0.1) is 19.1 Å². The Bertz CT molecular complexity index is 507. The SMILES string of the molecule is COC(=O)CC1CCCCN1C(=O)c1cccnc1Cl. The van der Waals surface area contributed by atoms with Gasteiger partial charge in [0.1, 0.15) is 5.15 Å². The topological polar surface area (TPSA) is 59.5 Å². The van der Waals surface area contributed by atoms with Crippen LogP contribution in [0.2, 0.25) is 5.15 Å². The van der Waals surface area contributed by atoms with Gasteiger partial charge in [-0.25, -0.2) is 4.98 Å². The Hall–Kier alpha value is -1.62.